The quantitative estimate of drug-likeness (QED) is 0.254. The van der Waals surface area contributed by atoms with Crippen LogP contribution in [0, 0.1) is 23.2 Å². The molecule has 24 heavy (non-hydrogen) atoms. The monoisotopic (exact) mass is 342 g/mol. The number of rotatable bonds is 11. The second-order valence-corrected chi connectivity index (χ2v) is 9.04. The number of esters is 1. The minimum atomic E-state index is -0.453. The van der Waals surface area contributed by atoms with Crippen molar-refractivity contribution in [3.05, 3.63) is 0 Å². The van der Waals surface area contributed by atoms with Crippen LogP contribution in [0.1, 0.15) is 94.4 Å². The van der Waals surface area contributed by atoms with E-state index < -0.39 is 6.29 Å². The lowest BCUT2D eigenvalue weighted by Crippen LogP contribution is -2.37. The van der Waals surface area contributed by atoms with Crippen LogP contribution in [0.2, 0.25) is 0 Å². The van der Waals surface area contributed by atoms with Gasteiger partial charge < -0.3 is 9.47 Å². The lowest BCUT2D eigenvalue weighted by atomic mass is 9.76. The molecular weight excluding hydrogens is 300 g/mol. The molecule has 0 aliphatic rings. The predicted octanol–water partition coefficient (Wildman–Crippen LogP) is 6.21. The van der Waals surface area contributed by atoms with E-state index in [1.165, 1.54) is 12.8 Å². The first kappa shape index (κ1) is 23.4. The molecule has 0 saturated carbocycles. The highest BCUT2D eigenvalue weighted by molar-refractivity contribution is 5.73. The van der Waals surface area contributed by atoms with Gasteiger partial charge in [-0.15, -0.1) is 0 Å². The summed E-state index contributed by atoms with van der Waals surface area (Å²) in [4.78, 5) is 12.8. The smallest absolute Gasteiger partial charge is 0.311 e. The van der Waals surface area contributed by atoms with Crippen molar-refractivity contribution in [2.75, 3.05) is 0 Å². The SMILES string of the molecule is CCCCCC(C)OC(OC(=O)C(CC(C)C)C(C)(C)C)C(C)C. The number of carbonyl (C=O) groups is 1. The molecule has 0 heterocycles. The number of ether oxygens (including phenoxy) is 2. The predicted molar refractivity (Wildman–Crippen MR) is 102 cm³/mol. The van der Waals surface area contributed by atoms with Crippen LogP contribution < -0.4 is 0 Å². The number of hydrogen-bond acceptors (Lipinski definition) is 3. The van der Waals surface area contributed by atoms with Crippen LogP contribution in [0.15, 0.2) is 0 Å². The van der Waals surface area contributed by atoms with E-state index >= 15 is 0 Å². The lowest BCUT2D eigenvalue weighted by molar-refractivity contribution is -0.207. The zero-order valence-corrected chi connectivity index (χ0v) is 17.6. The van der Waals surface area contributed by atoms with Crippen LogP contribution in [0.4, 0.5) is 0 Å². The van der Waals surface area contributed by atoms with Gasteiger partial charge in [0.05, 0.1) is 12.0 Å². The summed E-state index contributed by atoms with van der Waals surface area (Å²) in [7, 11) is 0. The van der Waals surface area contributed by atoms with E-state index in [0.29, 0.717) is 5.92 Å². The Morgan fingerprint density at radius 1 is 1.00 bits per heavy atom. The summed E-state index contributed by atoms with van der Waals surface area (Å²) in [5.41, 5.74) is -0.102. The topological polar surface area (TPSA) is 35.5 Å². The molecule has 0 spiro atoms. The Kier molecular flexibility index (Phi) is 10.9. The third-order valence-corrected chi connectivity index (χ3v) is 4.39. The summed E-state index contributed by atoms with van der Waals surface area (Å²) >= 11 is 0. The summed E-state index contributed by atoms with van der Waals surface area (Å²) in [5.74, 6) is 0.406. The summed E-state index contributed by atoms with van der Waals surface area (Å²) in [5, 5.41) is 0. The van der Waals surface area contributed by atoms with Crippen LogP contribution in [0.5, 0.6) is 0 Å². The summed E-state index contributed by atoms with van der Waals surface area (Å²) in [6.07, 6.45) is 5.12. The van der Waals surface area contributed by atoms with Gasteiger partial charge in [-0.25, -0.2) is 0 Å². The minimum absolute atomic E-state index is 0.0993. The van der Waals surface area contributed by atoms with Gasteiger partial charge in [0, 0.05) is 5.92 Å². The molecule has 3 heteroatoms. The Morgan fingerprint density at radius 2 is 1.58 bits per heavy atom. The van der Waals surface area contributed by atoms with Crippen molar-refractivity contribution in [3.63, 3.8) is 0 Å². The molecule has 0 aliphatic carbocycles. The van der Waals surface area contributed by atoms with Crippen molar-refractivity contribution in [2.45, 2.75) is 107 Å². The van der Waals surface area contributed by atoms with Crippen molar-refractivity contribution < 1.29 is 14.3 Å². The lowest BCUT2D eigenvalue weighted by Gasteiger charge is -2.33. The Hall–Kier alpha value is -0.570. The fourth-order valence-electron chi connectivity index (χ4n) is 2.77. The van der Waals surface area contributed by atoms with Gasteiger partial charge in [-0.2, -0.15) is 0 Å². The zero-order chi connectivity index (χ0) is 18.9. The Morgan fingerprint density at radius 3 is 2.00 bits per heavy atom. The fourth-order valence-corrected chi connectivity index (χ4v) is 2.77. The molecule has 0 aromatic heterocycles. The molecule has 0 rings (SSSR count). The van der Waals surface area contributed by atoms with E-state index in [2.05, 4.69) is 48.5 Å². The molecule has 0 amide bonds. The van der Waals surface area contributed by atoms with Crippen molar-refractivity contribution in [1.29, 1.82) is 0 Å². The van der Waals surface area contributed by atoms with Crippen LogP contribution >= 0.6 is 0 Å². The van der Waals surface area contributed by atoms with Gasteiger partial charge in [0.1, 0.15) is 0 Å². The maximum Gasteiger partial charge on any atom is 0.311 e. The van der Waals surface area contributed by atoms with Gasteiger partial charge in [0.15, 0.2) is 0 Å². The van der Waals surface area contributed by atoms with E-state index in [-0.39, 0.29) is 29.3 Å². The highest BCUT2D eigenvalue weighted by Gasteiger charge is 2.35. The Bertz CT molecular complexity index is 341. The third-order valence-electron chi connectivity index (χ3n) is 4.39. The Labute approximate surface area is 150 Å². The molecule has 3 nitrogen and oxygen atoms in total. The highest BCUT2D eigenvalue weighted by atomic mass is 16.7. The molecule has 144 valence electrons. The van der Waals surface area contributed by atoms with Gasteiger partial charge in [-0.1, -0.05) is 74.7 Å². The number of hydrogen-bond donors (Lipinski definition) is 0. The average Bonchev–Trinajstić information content (AvgIpc) is 2.42. The molecule has 0 radical (unpaired) electrons. The molecule has 0 N–H and O–H groups in total. The van der Waals surface area contributed by atoms with Gasteiger partial charge in [-0.3, -0.25) is 4.79 Å². The summed E-state index contributed by atoms with van der Waals surface area (Å²) < 4.78 is 11.9. The van der Waals surface area contributed by atoms with Gasteiger partial charge >= 0.3 is 5.97 Å². The van der Waals surface area contributed by atoms with Gasteiger partial charge in [0.2, 0.25) is 6.29 Å². The standard InChI is InChI=1S/C21H42O3/c1-10-11-12-13-17(6)23-20(16(4)5)24-19(22)18(14-15(2)3)21(7,8)9/h15-18,20H,10-14H2,1-9H3. The second-order valence-electron chi connectivity index (χ2n) is 9.04. The highest BCUT2D eigenvalue weighted by Crippen LogP contribution is 2.33. The first-order valence-electron chi connectivity index (χ1n) is 9.84. The molecule has 0 saturated heterocycles. The first-order valence-corrected chi connectivity index (χ1v) is 9.84. The van der Waals surface area contributed by atoms with E-state index in [1.54, 1.807) is 0 Å². The second kappa shape index (κ2) is 11.1. The molecule has 3 unspecified atom stereocenters. The van der Waals surface area contributed by atoms with E-state index in [4.69, 9.17) is 9.47 Å². The average molecular weight is 343 g/mol. The fraction of sp³-hybridized carbons (Fsp3) is 0.952. The molecule has 0 bridgehead atoms. The largest absolute Gasteiger partial charge is 0.435 e. The molecule has 0 aliphatic heterocycles. The molecule has 0 fully saturated rings. The van der Waals surface area contributed by atoms with Crippen LogP contribution in [0.3, 0.4) is 0 Å². The van der Waals surface area contributed by atoms with Crippen LogP contribution in [-0.4, -0.2) is 18.4 Å². The maximum atomic E-state index is 12.8. The molecule has 3 atom stereocenters. The van der Waals surface area contributed by atoms with E-state index in [9.17, 15) is 4.79 Å². The number of carbonyl (C=O) groups excluding carboxylic acids is 1. The van der Waals surface area contributed by atoms with Crippen molar-refractivity contribution in [1.82, 2.24) is 0 Å². The summed E-state index contributed by atoms with van der Waals surface area (Å²) in [6.45, 7) is 19.0. The summed E-state index contributed by atoms with van der Waals surface area (Å²) in [6, 6.07) is 0. The Balaban J connectivity index is 4.80. The van der Waals surface area contributed by atoms with Crippen molar-refractivity contribution in [3.8, 4) is 0 Å². The molecular formula is C21H42O3. The van der Waals surface area contributed by atoms with Gasteiger partial charge in [0.25, 0.3) is 0 Å². The first-order chi connectivity index (χ1) is 11.0. The zero-order valence-electron chi connectivity index (χ0n) is 17.6. The van der Waals surface area contributed by atoms with Crippen molar-refractivity contribution in [2.24, 2.45) is 23.2 Å². The molecule has 0 aromatic carbocycles. The van der Waals surface area contributed by atoms with E-state index in [1.807, 2.05) is 13.8 Å². The molecule has 0 aromatic rings. The minimum Gasteiger partial charge on any atom is -0.435 e. The maximum absolute atomic E-state index is 12.8. The normalized spacial score (nSPS) is 16.3. The van der Waals surface area contributed by atoms with Crippen LogP contribution in [0.25, 0.3) is 0 Å². The third kappa shape index (κ3) is 9.66. The van der Waals surface area contributed by atoms with Crippen molar-refractivity contribution >= 4 is 5.97 Å². The number of unbranched alkanes of at least 4 members (excludes halogenated alkanes) is 2. The van der Waals surface area contributed by atoms with Crippen LogP contribution in [-0.2, 0) is 14.3 Å². The van der Waals surface area contributed by atoms with Gasteiger partial charge in [-0.05, 0) is 31.1 Å². The van der Waals surface area contributed by atoms with E-state index in [0.717, 1.165) is 19.3 Å².